The predicted octanol–water partition coefficient (Wildman–Crippen LogP) is 3.43. The van der Waals surface area contributed by atoms with E-state index in [0.29, 0.717) is 6.61 Å². The monoisotopic (exact) mass is 291 g/mol. The molecule has 0 amide bonds. The quantitative estimate of drug-likeness (QED) is 0.871. The van der Waals surface area contributed by atoms with Gasteiger partial charge in [-0.25, -0.2) is 0 Å². The molecule has 0 radical (unpaired) electrons. The van der Waals surface area contributed by atoms with Gasteiger partial charge in [0.15, 0.2) is 0 Å². The van der Waals surface area contributed by atoms with Crippen LogP contribution in [0.2, 0.25) is 0 Å². The minimum Gasteiger partial charge on any atom is -0.494 e. The molecule has 1 unspecified atom stereocenters. The summed E-state index contributed by atoms with van der Waals surface area (Å²) in [5.41, 5.74) is 0.659. The average molecular weight is 291 g/mol. The van der Waals surface area contributed by atoms with Crippen LogP contribution in [0.3, 0.4) is 0 Å². The fourth-order valence-electron chi connectivity index (χ4n) is 3.43. The standard InChI is InChI=1S/C18H29NO2/c1-4-21-16-10-8-15(9-11-16)17(14-19(2)3)18(20)12-6-5-7-13-18/h8-11,17,20H,4-7,12-14H2,1-3H3. The van der Waals surface area contributed by atoms with E-state index >= 15 is 0 Å². The van der Waals surface area contributed by atoms with Crippen LogP contribution in [0.15, 0.2) is 24.3 Å². The van der Waals surface area contributed by atoms with E-state index in [1.54, 1.807) is 0 Å². The van der Waals surface area contributed by atoms with Gasteiger partial charge in [0.2, 0.25) is 0 Å². The first-order valence-corrected chi connectivity index (χ1v) is 8.15. The molecule has 0 spiro atoms. The summed E-state index contributed by atoms with van der Waals surface area (Å²) in [5, 5.41) is 11.1. The molecule has 2 rings (SSSR count). The highest BCUT2D eigenvalue weighted by Crippen LogP contribution is 2.40. The molecular formula is C18H29NO2. The maximum Gasteiger partial charge on any atom is 0.119 e. The molecule has 0 aromatic heterocycles. The Morgan fingerprint density at radius 3 is 2.29 bits per heavy atom. The summed E-state index contributed by atoms with van der Waals surface area (Å²) < 4.78 is 5.52. The number of rotatable bonds is 6. The molecule has 0 aliphatic heterocycles. The number of aliphatic hydroxyl groups is 1. The minimum absolute atomic E-state index is 0.170. The lowest BCUT2D eigenvalue weighted by molar-refractivity contribution is -0.0277. The van der Waals surface area contributed by atoms with Gasteiger partial charge in [-0.3, -0.25) is 0 Å². The highest BCUT2D eigenvalue weighted by atomic mass is 16.5. The van der Waals surface area contributed by atoms with Crippen LogP contribution in [-0.2, 0) is 0 Å². The van der Waals surface area contributed by atoms with Gasteiger partial charge in [0, 0.05) is 12.5 Å². The van der Waals surface area contributed by atoms with E-state index in [4.69, 9.17) is 4.74 Å². The van der Waals surface area contributed by atoms with Crippen LogP contribution in [0.1, 0.15) is 50.5 Å². The van der Waals surface area contributed by atoms with E-state index in [1.165, 1.54) is 12.0 Å². The smallest absolute Gasteiger partial charge is 0.119 e. The summed E-state index contributed by atoms with van der Waals surface area (Å²) in [5.74, 6) is 1.07. The zero-order valence-corrected chi connectivity index (χ0v) is 13.6. The summed E-state index contributed by atoms with van der Waals surface area (Å²) in [4.78, 5) is 2.17. The topological polar surface area (TPSA) is 32.7 Å². The summed E-state index contributed by atoms with van der Waals surface area (Å²) in [7, 11) is 4.15. The highest BCUT2D eigenvalue weighted by molar-refractivity contribution is 5.31. The van der Waals surface area contributed by atoms with Crippen molar-refractivity contribution in [2.75, 3.05) is 27.2 Å². The molecule has 0 heterocycles. The van der Waals surface area contributed by atoms with E-state index in [9.17, 15) is 5.11 Å². The Hall–Kier alpha value is -1.06. The molecule has 0 saturated heterocycles. The molecule has 1 aliphatic rings. The number of ether oxygens (including phenoxy) is 1. The minimum atomic E-state index is -0.560. The van der Waals surface area contributed by atoms with Crippen molar-refractivity contribution in [3.8, 4) is 5.75 Å². The van der Waals surface area contributed by atoms with E-state index in [-0.39, 0.29) is 5.92 Å². The van der Waals surface area contributed by atoms with Gasteiger partial charge in [-0.2, -0.15) is 0 Å². The van der Waals surface area contributed by atoms with Crippen LogP contribution in [0.25, 0.3) is 0 Å². The summed E-state index contributed by atoms with van der Waals surface area (Å²) >= 11 is 0. The third-order valence-electron chi connectivity index (χ3n) is 4.51. The Balaban J connectivity index is 2.22. The number of benzene rings is 1. The van der Waals surface area contributed by atoms with E-state index in [2.05, 4.69) is 31.1 Å². The molecule has 1 aliphatic carbocycles. The van der Waals surface area contributed by atoms with Crippen molar-refractivity contribution in [3.05, 3.63) is 29.8 Å². The molecule has 3 nitrogen and oxygen atoms in total. The van der Waals surface area contributed by atoms with Gasteiger partial charge in [-0.15, -0.1) is 0 Å². The van der Waals surface area contributed by atoms with Gasteiger partial charge in [0.1, 0.15) is 5.75 Å². The van der Waals surface area contributed by atoms with Crippen LogP contribution in [0.5, 0.6) is 5.75 Å². The molecule has 1 atom stereocenters. The van der Waals surface area contributed by atoms with Crippen molar-refractivity contribution in [2.24, 2.45) is 0 Å². The Morgan fingerprint density at radius 2 is 1.76 bits per heavy atom. The number of likely N-dealkylation sites (N-methyl/N-ethyl adjacent to an activating group) is 1. The first-order valence-electron chi connectivity index (χ1n) is 8.15. The van der Waals surface area contributed by atoms with Crippen LogP contribution in [-0.4, -0.2) is 42.9 Å². The summed E-state index contributed by atoms with van der Waals surface area (Å²) in [6.45, 7) is 3.56. The van der Waals surface area contributed by atoms with Crippen LogP contribution >= 0.6 is 0 Å². The Morgan fingerprint density at radius 1 is 1.14 bits per heavy atom. The zero-order valence-electron chi connectivity index (χ0n) is 13.6. The van der Waals surface area contributed by atoms with Crippen molar-refractivity contribution in [1.29, 1.82) is 0 Å². The van der Waals surface area contributed by atoms with Gasteiger partial charge in [-0.1, -0.05) is 31.4 Å². The number of nitrogens with zero attached hydrogens (tertiary/aromatic N) is 1. The Kier molecular flexibility index (Phi) is 5.65. The largest absolute Gasteiger partial charge is 0.494 e. The van der Waals surface area contributed by atoms with Crippen LogP contribution < -0.4 is 4.74 Å². The SMILES string of the molecule is CCOc1ccc(C(CN(C)C)C2(O)CCCCC2)cc1. The molecule has 1 N–H and O–H groups in total. The van der Waals surface area contributed by atoms with Crippen molar-refractivity contribution in [1.82, 2.24) is 4.90 Å². The Bertz CT molecular complexity index is 421. The third kappa shape index (κ3) is 4.21. The van der Waals surface area contributed by atoms with E-state index < -0.39 is 5.60 Å². The average Bonchev–Trinajstić information content (AvgIpc) is 2.47. The lowest BCUT2D eigenvalue weighted by atomic mass is 9.72. The van der Waals surface area contributed by atoms with Gasteiger partial charge < -0.3 is 14.7 Å². The molecule has 0 bridgehead atoms. The molecule has 3 heteroatoms. The normalized spacial score (nSPS) is 19.5. The third-order valence-corrected chi connectivity index (χ3v) is 4.51. The van der Waals surface area contributed by atoms with Crippen molar-refractivity contribution >= 4 is 0 Å². The molecule has 1 fully saturated rings. The first-order chi connectivity index (χ1) is 10.0. The van der Waals surface area contributed by atoms with Gasteiger partial charge in [0.05, 0.1) is 12.2 Å². The lowest BCUT2D eigenvalue weighted by Crippen LogP contribution is -2.42. The predicted molar refractivity (Wildman–Crippen MR) is 86.9 cm³/mol. The van der Waals surface area contributed by atoms with Crippen LogP contribution in [0.4, 0.5) is 0 Å². The fourth-order valence-corrected chi connectivity index (χ4v) is 3.43. The Labute approximate surface area is 128 Å². The second-order valence-electron chi connectivity index (χ2n) is 6.48. The van der Waals surface area contributed by atoms with Gasteiger partial charge in [-0.05, 0) is 51.6 Å². The zero-order chi connectivity index (χ0) is 15.3. The second kappa shape index (κ2) is 7.28. The molecule has 21 heavy (non-hydrogen) atoms. The molecular weight excluding hydrogens is 262 g/mol. The van der Waals surface area contributed by atoms with E-state index in [1.807, 2.05) is 19.1 Å². The summed E-state index contributed by atoms with van der Waals surface area (Å²) in [6.07, 6.45) is 5.35. The van der Waals surface area contributed by atoms with E-state index in [0.717, 1.165) is 38.0 Å². The number of hydrogen-bond donors (Lipinski definition) is 1. The molecule has 118 valence electrons. The molecule has 1 saturated carbocycles. The first kappa shape index (κ1) is 16.3. The maximum atomic E-state index is 11.1. The number of hydrogen-bond acceptors (Lipinski definition) is 3. The molecule has 1 aromatic carbocycles. The fraction of sp³-hybridized carbons (Fsp3) is 0.667. The maximum absolute atomic E-state index is 11.1. The van der Waals surface area contributed by atoms with Gasteiger partial charge in [0.25, 0.3) is 0 Å². The second-order valence-corrected chi connectivity index (χ2v) is 6.48. The lowest BCUT2D eigenvalue weighted by Gasteiger charge is -2.40. The van der Waals surface area contributed by atoms with Crippen molar-refractivity contribution < 1.29 is 9.84 Å². The van der Waals surface area contributed by atoms with Crippen molar-refractivity contribution in [3.63, 3.8) is 0 Å². The summed E-state index contributed by atoms with van der Waals surface area (Å²) in [6, 6.07) is 8.28. The highest BCUT2D eigenvalue weighted by Gasteiger charge is 2.38. The van der Waals surface area contributed by atoms with Crippen LogP contribution in [0, 0.1) is 0 Å². The van der Waals surface area contributed by atoms with Crippen molar-refractivity contribution in [2.45, 2.75) is 50.5 Å². The van der Waals surface area contributed by atoms with Gasteiger partial charge >= 0.3 is 0 Å². The molecule has 1 aromatic rings.